The Morgan fingerprint density at radius 1 is 1.13 bits per heavy atom. The van der Waals surface area contributed by atoms with E-state index in [9.17, 15) is 23.4 Å². The summed E-state index contributed by atoms with van der Waals surface area (Å²) < 4.78 is 28.7. The van der Waals surface area contributed by atoms with Crippen molar-refractivity contribution in [3.8, 4) is 5.75 Å². The number of nitrogens with one attached hydrogen (secondary N) is 1. The minimum absolute atomic E-state index is 0.0315. The second-order valence-corrected chi connectivity index (χ2v) is 10.5. The zero-order chi connectivity index (χ0) is 22.2. The van der Waals surface area contributed by atoms with E-state index in [4.69, 9.17) is 0 Å². The quantitative estimate of drug-likeness (QED) is 0.500. The van der Waals surface area contributed by atoms with Crippen LogP contribution in [0.25, 0.3) is 0 Å². The highest BCUT2D eigenvalue weighted by Crippen LogP contribution is 2.39. The number of aliphatic hydroxyl groups is 1. The molecule has 2 saturated carbocycles. The van der Waals surface area contributed by atoms with Crippen LogP contribution in [0.2, 0.25) is 0 Å². The van der Waals surface area contributed by atoms with Gasteiger partial charge in [0.1, 0.15) is 5.75 Å². The molecule has 0 aliphatic heterocycles. The van der Waals surface area contributed by atoms with Gasteiger partial charge in [0.15, 0.2) is 5.78 Å². The lowest BCUT2D eigenvalue weighted by atomic mass is 9.79. The number of carbonyl (C=O) groups excluding carboxylic acids is 1. The Labute approximate surface area is 183 Å². The second kappa shape index (κ2) is 8.63. The van der Waals surface area contributed by atoms with Gasteiger partial charge in [0, 0.05) is 0 Å². The fraction of sp³-hybridized carbons (Fsp3) is 0.458. The molecule has 0 unspecified atom stereocenters. The number of hydrogen-bond donors (Lipinski definition) is 3. The summed E-state index contributed by atoms with van der Waals surface area (Å²) in [7, 11) is -3.95. The van der Waals surface area contributed by atoms with E-state index < -0.39 is 15.8 Å². The molecule has 2 aliphatic carbocycles. The van der Waals surface area contributed by atoms with E-state index in [0.717, 1.165) is 31.2 Å². The Hall–Kier alpha value is -2.38. The molecular weight excluding hydrogens is 414 g/mol. The molecule has 166 valence electrons. The second-order valence-electron chi connectivity index (χ2n) is 8.83. The van der Waals surface area contributed by atoms with Crippen LogP contribution in [0, 0.1) is 5.92 Å². The Morgan fingerprint density at radius 2 is 1.87 bits per heavy atom. The van der Waals surface area contributed by atoms with Crippen LogP contribution in [0.4, 0.5) is 5.69 Å². The molecule has 0 saturated heterocycles. The molecule has 2 aromatic carbocycles. The molecule has 0 radical (unpaired) electrons. The molecule has 2 aromatic rings. The van der Waals surface area contributed by atoms with Crippen molar-refractivity contribution in [2.75, 3.05) is 4.72 Å². The summed E-state index contributed by atoms with van der Waals surface area (Å²) in [6.45, 7) is 1.28. The highest BCUT2D eigenvalue weighted by atomic mass is 32.2. The summed E-state index contributed by atoms with van der Waals surface area (Å²) in [6, 6.07) is 9.54. The fourth-order valence-electron chi connectivity index (χ4n) is 4.10. The summed E-state index contributed by atoms with van der Waals surface area (Å²) in [5.74, 6) is 0.241. The van der Waals surface area contributed by atoms with Gasteiger partial charge in [-0.1, -0.05) is 18.6 Å². The number of aryl methyl sites for hydroxylation is 1. The number of aliphatic hydroxyl groups excluding tert-OH is 1. The molecule has 2 fully saturated rings. The van der Waals surface area contributed by atoms with Gasteiger partial charge in [-0.2, -0.15) is 0 Å². The number of rotatable bonds is 9. The number of benzene rings is 2. The van der Waals surface area contributed by atoms with E-state index in [2.05, 4.69) is 10.8 Å². The lowest BCUT2D eigenvalue weighted by molar-refractivity contribution is 0.101. The Morgan fingerprint density at radius 3 is 2.48 bits per heavy atom. The van der Waals surface area contributed by atoms with Crippen molar-refractivity contribution in [3.05, 3.63) is 53.1 Å². The number of phenolic OH excluding ortho intramolecular Hbond substituents is 1. The van der Waals surface area contributed by atoms with Gasteiger partial charge in [-0.15, -0.1) is 0 Å². The van der Waals surface area contributed by atoms with Crippen molar-refractivity contribution in [2.24, 2.45) is 5.92 Å². The number of Topliss-reactive ketones (excluding diaryl/α,β-unsaturated/α-hetero) is 1. The Bertz CT molecular complexity index is 1090. The number of sulfonamides is 1. The van der Waals surface area contributed by atoms with Gasteiger partial charge >= 0.3 is 0 Å². The topological polar surface area (TPSA) is 104 Å². The number of phenols is 1. The Kier molecular flexibility index (Phi) is 6.08. The molecule has 31 heavy (non-hydrogen) atoms. The van der Waals surface area contributed by atoms with Crippen molar-refractivity contribution in [1.29, 1.82) is 0 Å². The first kappa shape index (κ1) is 21.8. The first-order valence-electron chi connectivity index (χ1n) is 10.9. The maximum atomic E-state index is 13.0. The van der Waals surface area contributed by atoms with Gasteiger partial charge < -0.3 is 10.2 Å². The van der Waals surface area contributed by atoms with E-state index in [0.29, 0.717) is 30.4 Å². The monoisotopic (exact) mass is 443 g/mol. The molecule has 4 rings (SSSR count). The van der Waals surface area contributed by atoms with Crippen molar-refractivity contribution in [1.82, 2.24) is 0 Å². The summed E-state index contributed by atoms with van der Waals surface area (Å²) in [4.78, 5) is 11.6. The van der Waals surface area contributed by atoms with Gasteiger partial charge in [0.05, 0.1) is 22.3 Å². The molecule has 0 amide bonds. The van der Waals surface area contributed by atoms with Crippen molar-refractivity contribution in [3.63, 3.8) is 0 Å². The lowest BCUT2D eigenvalue weighted by Gasteiger charge is -2.27. The van der Waals surface area contributed by atoms with E-state index in [1.807, 2.05) is 6.07 Å². The third kappa shape index (κ3) is 4.93. The van der Waals surface area contributed by atoms with Crippen molar-refractivity contribution in [2.45, 2.75) is 68.8 Å². The molecule has 0 aromatic heterocycles. The van der Waals surface area contributed by atoms with Crippen LogP contribution < -0.4 is 4.72 Å². The third-order valence-electron chi connectivity index (χ3n) is 6.48. The molecule has 7 heteroatoms. The van der Waals surface area contributed by atoms with Gasteiger partial charge in [0.2, 0.25) is 0 Å². The van der Waals surface area contributed by atoms with E-state index >= 15 is 0 Å². The molecule has 3 N–H and O–H groups in total. The van der Waals surface area contributed by atoms with Crippen molar-refractivity contribution < 1.29 is 23.4 Å². The van der Waals surface area contributed by atoms with Crippen LogP contribution in [-0.4, -0.2) is 30.5 Å². The zero-order valence-electron chi connectivity index (χ0n) is 17.7. The van der Waals surface area contributed by atoms with Crippen LogP contribution in [-0.2, 0) is 16.4 Å². The largest absolute Gasteiger partial charge is 0.507 e. The fourth-order valence-corrected chi connectivity index (χ4v) is 5.23. The molecule has 1 atom stereocenters. The van der Waals surface area contributed by atoms with E-state index in [1.165, 1.54) is 37.1 Å². The minimum atomic E-state index is -3.95. The summed E-state index contributed by atoms with van der Waals surface area (Å²) in [5.41, 5.74) is 2.55. The lowest BCUT2D eigenvalue weighted by Crippen LogP contribution is -2.17. The first-order valence-corrected chi connectivity index (χ1v) is 12.4. The number of carbonyl (C=O) groups is 1. The first-order chi connectivity index (χ1) is 14.7. The Balaban J connectivity index is 1.61. The average molecular weight is 444 g/mol. The summed E-state index contributed by atoms with van der Waals surface area (Å²) in [6.07, 6.45) is 6.46. The predicted octanol–water partition coefficient (Wildman–Crippen LogP) is 4.37. The number of anilines is 1. The third-order valence-corrected chi connectivity index (χ3v) is 7.85. The smallest absolute Gasteiger partial charge is 0.261 e. The number of hydrogen-bond acceptors (Lipinski definition) is 5. The summed E-state index contributed by atoms with van der Waals surface area (Å²) in [5, 5.41) is 20.1. The number of ketones is 1. The van der Waals surface area contributed by atoms with Crippen molar-refractivity contribution >= 4 is 21.5 Å². The summed E-state index contributed by atoms with van der Waals surface area (Å²) >= 11 is 0. The molecule has 6 nitrogen and oxygen atoms in total. The van der Waals surface area contributed by atoms with Gasteiger partial charge in [0.25, 0.3) is 10.0 Å². The van der Waals surface area contributed by atoms with Gasteiger partial charge in [-0.05, 0) is 92.7 Å². The normalized spacial score (nSPS) is 17.7. The van der Waals surface area contributed by atoms with E-state index in [-0.39, 0.29) is 22.3 Å². The van der Waals surface area contributed by atoms with Crippen LogP contribution >= 0.6 is 0 Å². The zero-order valence-corrected chi connectivity index (χ0v) is 18.5. The van der Waals surface area contributed by atoms with Crippen LogP contribution in [0.5, 0.6) is 5.75 Å². The molecular formula is C24H29NO5S. The highest BCUT2D eigenvalue weighted by Gasteiger charge is 2.30. The SMILES string of the molecule is CC(=O)c1cc(S(=O)(=O)Nc2ccc(C3CCC3)cc2CC[C@@H](O)C2CC2)ccc1O. The van der Waals surface area contributed by atoms with Crippen LogP contribution in [0.15, 0.2) is 41.3 Å². The average Bonchev–Trinajstić information content (AvgIpc) is 3.51. The maximum Gasteiger partial charge on any atom is 0.261 e. The van der Waals surface area contributed by atoms with Crippen LogP contribution in [0.3, 0.4) is 0 Å². The molecule has 0 heterocycles. The highest BCUT2D eigenvalue weighted by molar-refractivity contribution is 7.92. The molecule has 0 bridgehead atoms. The maximum absolute atomic E-state index is 13.0. The van der Waals surface area contributed by atoms with E-state index in [1.54, 1.807) is 6.07 Å². The molecule has 2 aliphatic rings. The van der Waals surface area contributed by atoms with Gasteiger partial charge in [-0.25, -0.2) is 8.42 Å². The predicted molar refractivity (Wildman–Crippen MR) is 119 cm³/mol. The number of aromatic hydroxyl groups is 1. The molecule has 0 spiro atoms. The minimum Gasteiger partial charge on any atom is -0.507 e. The van der Waals surface area contributed by atoms with Gasteiger partial charge in [-0.3, -0.25) is 9.52 Å². The standard InChI is InChI=1S/C24H29NO5S/c1-15(26)21-14-20(9-12-24(21)28)31(29,30)25-22-10-7-18(16-3-2-4-16)13-19(22)8-11-23(27)17-5-6-17/h7,9-10,12-14,16-17,23,25,27-28H,2-6,8,11H2,1H3/t23-/m1/s1. The van der Waals surface area contributed by atoms with Crippen LogP contribution in [0.1, 0.15) is 72.9 Å².